The summed E-state index contributed by atoms with van der Waals surface area (Å²) in [5.41, 5.74) is 9.14. The molecule has 0 aliphatic heterocycles. The zero-order valence-corrected chi connectivity index (χ0v) is 27.7. The first-order chi connectivity index (χ1) is 22.9. The molecule has 7 aromatic rings. The summed E-state index contributed by atoms with van der Waals surface area (Å²) in [7, 11) is 0. The van der Waals surface area contributed by atoms with Gasteiger partial charge in [-0.1, -0.05) is 74.4 Å². The van der Waals surface area contributed by atoms with Gasteiger partial charge in [-0.15, -0.1) is 0 Å². The van der Waals surface area contributed by atoms with E-state index in [1.165, 1.54) is 22.4 Å². The van der Waals surface area contributed by atoms with Gasteiger partial charge < -0.3 is 9.47 Å². The van der Waals surface area contributed by atoms with Crippen LogP contribution in [0.2, 0.25) is 0 Å². The molecule has 3 aromatic heterocycles. The smallest absolute Gasteiger partial charge is 0.141 e. The molecule has 0 N–H and O–H groups in total. The fourth-order valence-electron chi connectivity index (χ4n) is 6.43. The third kappa shape index (κ3) is 5.87. The molecule has 7 rings (SSSR count). The molecule has 0 radical (unpaired) electrons. The van der Waals surface area contributed by atoms with Crippen LogP contribution in [0.3, 0.4) is 0 Å². The van der Waals surface area contributed by atoms with E-state index >= 15 is 0 Å². The fourth-order valence-corrected chi connectivity index (χ4v) is 6.43. The molecule has 0 saturated carbocycles. The summed E-state index contributed by atoms with van der Waals surface area (Å²) in [6, 6.07) is 35.6. The zero-order valence-electron chi connectivity index (χ0n) is 27.7. The predicted molar refractivity (Wildman–Crippen MR) is 192 cm³/mol. The maximum atomic E-state index is 6.57. The second-order valence-corrected chi connectivity index (χ2v) is 12.3. The van der Waals surface area contributed by atoms with E-state index in [0.29, 0.717) is 0 Å². The van der Waals surface area contributed by atoms with Crippen LogP contribution in [0, 0.1) is 6.92 Å². The Morgan fingerprint density at radius 2 is 1.53 bits per heavy atom. The Labute approximate surface area is 276 Å². The van der Waals surface area contributed by atoms with E-state index in [-0.39, 0.29) is 6.10 Å². The van der Waals surface area contributed by atoms with Crippen molar-refractivity contribution in [3.8, 4) is 39.9 Å². The van der Waals surface area contributed by atoms with Gasteiger partial charge in [0.15, 0.2) is 0 Å². The first-order valence-corrected chi connectivity index (χ1v) is 16.6. The highest BCUT2D eigenvalue weighted by atomic mass is 16.5. The molecule has 0 saturated heterocycles. The molecule has 3 heterocycles. The van der Waals surface area contributed by atoms with Gasteiger partial charge in [-0.3, -0.25) is 4.57 Å². The maximum absolute atomic E-state index is 6.57. The first-order valence-electron chi connectivity index (χ1n) is 16.6. The third-order valence-corrected chi connectivity index (χ3v) is 8.48. The number of ether oxygens (including phenoxy) is 2. The molecule has 0 atom stereocenters. The summed E-state index contributed by atoms with van der Waals surface area (Å²) in [5, 5.41) is 7.43. The molecule has 0 aliphatic carbocycles. The van der Waals surface area contributed by atoms with E-state index in [1.807, 2.05) is 44.2 Å². The van der Waals surface area contributed by atoms with E-state index in [2.05, 4.69) is 103 Å². The molecule has 4 aromatic carbocycles. The number of pyridine rings is 1. The SMILES string of the molecule is CCCc1c(-c2ccc(C)cc2)c(CC)nn1-c1cccc(Oc2ccc3c4ccccc4n(-c4cc(OC(C)C)ccn4)c3c2)c1. The Hall–Kier alpha value is -5.36. The number of aryl methyl sites for hydroxylation is 2. The molecule has 0 spiro atoms. The monoisotopic (exact) mass is 620 g/mol. The highest BCUT2D eigenvalue weighted by Crippen LogP contribution is 2.36. The van der Waals surface area contributed by atoms with Gasteiger partial charge in [0.1, 0.15) is 23.1 Å². The highest BCUT2D eigenvalue weighted by molar-refractivity contribution is 6.09. The van der Waals surface area contributed by atoms with E-state index in [9.17, 15) is 0 Å². The van der Waals surface area contributed by atoms with Gasteiger partial charge >= 0.3 is 0 Å². The van der Waals surface area contributed by atoms with E-state index in [1.54, 1.807) is 6.20 Å². The largest absolute Gasteiger partial charge is 0.491 e. The molecule has 236 valence electrons. The molecule has 47 heavy (non-hydrogen) atoms. The topological polar surface area (TPSA) is 54.1 Å². The molecular formula is C41H40N4O2. The van der Waals surface area contributed by atoms with Crippen molar-refractivity contribution in [3.63, 3.8) is 0 Å². The van der Waals surface area contributed by atoms with Crippen LogP contribution < -0.4 is 9.47 Å². The summed E-state index contributed by atoms with van der Waals surface area (Å²) in [5.74, 6) is 3.09. The van der Waals surface area contributed by atoms with Crippen LogP contribution in [-0.2, 0) is 12.8 Å². The van der Waals surface area contributed by atoms with Gasteiger partial charge in [0.2, 0.25) is 0 Å². The second-order valence-electron chi connectivity index (χ2n) is 12.3. The number of rotatable bonds is 10. The van der Waals surface area contributed by atoms with Crippen molar-refractivity contribution in [3.05, 3.63) is 126 Å². The van der Waals surface area contributed by atoms with Crippen molar-refractivity contribution in [1.29, 1.82) is 0 Å². The minimum absolute atomic E-state index is 0.0710. The lowest BCUT2D eigenvalue weighted by atomic mass is 9.98. The van der Waals surface area contributed by atoms with Crippen LogP contribution >= 0.6 is 0 Å². The maximum Gasteiger partial charge on any atom is 0.141 e. The summed E-state index contributed by atoms with van der Waals surface area (Å²) in [4.78, 5) is 4.75. The van der Waals surface area contributed by atoms with Crippen molar-refractivity contribution < 1.29 is 9.47 Å². The van der Waals surface area contributed by atoms with Crippen molar-refractivity contribution in [1.82, 2.24) is 19.3 Å². The van der Waals surface area contributed by atoms with E-state index < -0.39 is 0 Å². The molecule has 0 aliphatic rings. The number of hydrogen-bond acceptors (Lipinski definition) is 4. The number of benzene rings is 4. The molecule has 0 bridgehead atoms. The Morgan fingerprint density at radius 1 is 0.745 bits per heavy atom. The lowest BCUT2D eigenvalue weighted by Gasteiger charge is -2.13. The molecule has 0 amide bonds. The molecular weight excluding hydrogens is 580 g/mol. The van der Waals surface area contributed by atoms with Gasteiger partial charge in [-0.25, -0.2) is 9.67 Å². The Bertz CT molecular complexity index is 2190. The highest BCUT2D eigenvalue weighted by Gasteiger charge is 2.20. The lowest BCUT2D eigenvalue weighted by Crippen LogP contribution is -2.06. The van der Waals surface area contributed by atoms with E-state index in [4.69, 9.17) is 19.6 Å². The van der Waals surface area contributed by atoms with Gasteiger partial charge in [0.05, 0.1) is 34.2 Å². The second kappa shape index (κ2) is 12.8. The number of para-hydroxylation sites is 1. The van der Waals surface area contributed by atoms with Crippen LogP contribution in [0.4, 0.5) is 0 Å². The zero-order chi connectivity index (χ0) is 32.5. The predicted octanol–water partition coefficient (Wildman–Crippen LogP) is 10.4. The van der Waals surface area contributed by atoms with Gasteiger partial charge in [0, 0.05) is 40.7 Å². The van der Waals surface area contributed by atoms with Crippen LogP contribution in [0.5, 0.6) is 17.2 Å². The van der Waals surface area contributed by atoms with Crippen molar-refractivity contribution in [2.75, 3.05) is 0 Å². The summed E-state index contributed by atoms with van der Waals surface area (Å²) in [6.45, 7) is 10.6. The van der Waals surface area contributed by atoms with Crippen LogP contribution in [0.1, 0.15) is 51.1 Å². The average Bonchev–Trinajstić information content (AvgIpc) is 3.60. The summed E-state index contributed by atoms with van der Waals surface area (Å²) < 4.78 is 16.9. The van der Waals surface area contributed by atoms with Gasteiger partial charge in [-0.2, -0.15) is 5.10 Å². The summed E-state index contributed by atoms with van der Waals surface area (Å²) in [6.07, 6.45) is 4.69. The first kappa shape index (κ1) is 30.3. The fraction of sp³-hybridized carbons (Fsp3) is 0.220. The number of nitrogens with zero attached hydrogens (tertiary/aromatic N) is 4. The molecule has 6 nitrogen and oxygen atoms in total. The van der Waals surface area contributed by atoms with E-state index in [0.717, 1.165) is 75.5 Å². The minimum atomic E-state index is 0.0710. The lowest BCUT2D eigenvalue weighted by molar-refractivity contribution is 0.242. The molecule has 6 heteroatoms. The summed E-state index contributed by atoms with van der Waals surface area (Å²) >= 11 is 0. The van der Waals surface area contributed by atoms with Gasteiger partial charge in [-0.05, 0) is 75.6 Å². The van der Waals surface area contributed by atoms with Crippen molar-refractivity contribution in [2.45, 2.75) is 60.0 Å². The average molecular weight is 621 g/mol. The van der Waals surface area contributed by atoms with Crippen LogP contribution in [0.15, 0.2) is 109 Å². The third-order valence-electron chi connectivity index (χ3n) is 8.48. The van der Waals surface area contributed by atoms with Crippen LogP contribution in [-0.4, -0.2) is 25.4 Å². The van der Waals surface area contributed by atoms with Crippen molar-refractivity contribution >= 4 is 21.8 Å². The van der Waals surface area contributed by atoms with Crippen LogP contribution in [0.25, 0.3) is 44.4 Å². The number of hydrogen-bond donors (Lipinski definition) is 0. The Morgan fingerprint density at radius 3 is 2.32 bits per heavy atom. The number of fused-ring (bicyclic) bond motifs is 3. The minimum Gasteiger partial charge on any atom is -0.491 e. The normalized spacial score (nSPS) is 11.5. The Kier molecular flexibility index (Phi) is 8.25. The van der Waals surface area contributed by atoms with Gasteiger partial charge in [0.25, 0.3) is 0 Å². The number of aromatic nitrogens is 4. The molecule has 0 fully saturated rings. The molecule has 0 unspecified atom stereocenters. The standard InChI is InChI=1S/C41H40N4O2/c1-6-11-38-41(29-18-16-28(5)17-19-29)36(7-2)43-45(38)30-12-10-13-31(24-30)47-32-20-21-35-34-14-8-9-15-37(34)44(39(35)25-32)40-26-33(22-23-42-40)46-27(3)4/h8-10,12-27H,6-7,11H2,1-5H3. The quantitative estimate of drug-likeness (QED) is 0.153. The van der Waals surface area contributed by atoms with Crippen molar-refractivity contribution in [2.24, 2.45) is 0 Å². The Balaban J connectivity index is 1.29.